The minimum Gasteiger partial charge on any atom is -0.491 e. The van der Waals surface area contributed by atoms with E-state index in [2.05, 4.69) is 4.98 Å². The maximum Gasteiger partial charge on any atom is 0.264 e. The van der Waals surface area contributed by atoms with Crippen LogP contribution in [0.4, 0.5) is 10.1 Å². The predicted molar refractivity (Wildman–Crippen MR) is 87.0 cm³/mol. The van der Waals surface area contributed by atoms with Crippen molar-refractivity contribution in [2.45, 2.75) is 13.5 Å². The van der Waals surface area contributed by atoms with Gasteiger partial charge in [0, 0.05) is 5.69 Å². The first-order chi connectivity index (χ1) is 12.0. The van der Waals surface area contributed by atoms with Crippen LogP contribution in [0.15, 0.2) is 24.3 Å². The number of pyridine rings is 1. The Balaban J connectivity index is 1.94. The Labute approximate surface area is 143 Å². The molecule has 2 N–H and O–H groups in total. The monoisotopic (exact) mass is 345 g/mol. The molecule has 130 valence electrons. The first kappa shape index (κ1) is 16.7. The number of aromatic nitrogens is 1. The number of nitrogens with zero attached hydrogens (tertiary/aromatic N) is 2. The Morgan fingerprint density at radius 2 is 1.88 bits per heavy atom. The minimum absolute atomic E-state index is 0.0648. The van der Waals surface area contributed by atoms with Crippen molar-refractivity contribution in [1.82, 2.24) is 9.88 Å². The van der Waals surface area contributed by atoms with Crippen molar-refractivity contribution in [3.63, 3.8) is 0 Å². The molecule has 1 aliphatic rings. The highest BCUT2D eigenvalue weighted by atomic mass is 19.1. The lowest BCUT2D eigenvalue weighted by atomic mass is 10.1. The van der Waals surface area contributed by atoms with E-state index >= 15 is 0 Å². The molecule has 0 atom stereocenters. The van der Waals surface area contributed by atoms with Crippen molar-refractivity contribution in [3.8, 4) is 11.6 Å². The number of nitrogen functional groups attached to an aromatic ring is 1. The SMILES string of the molecule is CCOc1nc(CN2C(=O)c3c(N)ccc(F)c3C2=O)ccc1OC. The smallest absolute Gasteiger partial charge is 0.264 e. The van der Waals surface area contributed by atoms with E-state index in [1.54, 1.807) is 19.1 Å². The fourth-order valence-corrected chi connectivity index (χ4v) is 2.65. The topological polar surface area (TPSA) is 94.8 Å². The van der Waals surface area contributed by atoms with E-state index in [1.165, 1.54) is 13.2 Å². The van der Waals surface area contributed by atoms with Crippen LogP contribution in [-0.4, -0.2) is 35.4 Å². The molecule has 1 aromatic carbocycles. The van der Waals surface area contributed by atoms with Crippen LogP contribution in [0.1, 0.15) is 33.3 Å². The fourth-order valence-electron chi connectivity index (χ4n) is 2.65. The van der Waals surface area contributed by atoms with Gasteiger partial charge in [-0.05, 0) is 31.2 Å². The number of hydrogen-bond acceptors (Lipinski definition) is 6. The molecule has 2 aromatic rings. The molecule has 0 saturated heterocycles. The second kappa shape index (κ2) is 6.39. The first-order valence-electron chi connectivity index (χ1n) is 7.58. The number of methoxy groups -OCH3 is 1. The lowest BCUT2D eigenvalue weighted by molar-refractivity contribution is 0.0639. The molecule has 3 rings (SSSR count). The van der Waals surface area contributed by atoms with Gasteiger partial charge in [-0.25, -0.2) is 9.37 Å². The summed E-state index contributed by atoms with van der Waals surface area (Å²) in [6, 6.07) is 5.56. The molecule has 7 nitrogen and oxygen atoms in total. The third-order valence-electron chi connectivity index (χ3n) is 3.81. The molecule has 1 aliphatic heterocycles. The van der Waals surface area contributed by atoms with Gasteiger partial charge in [0.15, 0.2) is 5.75 Å². The highest BCUT2D eigenvalue weighted by Gasteiger charge is 2.39. The van der Waals surface area contributed by atoms with Gasteiger partial charge in [0.25, 0.3) is 17.7 Å². The highest BCUT2D eigenvalue weighted by Crippen LogP contribution is 2.31. The maximum atomic E-state index is 14.0. The predicted octanol–water partition coefficient (Wildman–Crippen LogP) is 2.01. The van der Waals surface area contributed by atoms with E-state index in [0.717, 1.165) is 11.0 Å². The summed E-state index contributed by atoms with van der Waals surface area (Å²) in [5, 5.41) is 0. The molecule has 0 fully saturated rings. The number of nitrogens with two attached hydrogens (primary N) is 1. The number of hydrogen-bond donors (Lipinski definition) is 1. The fraction of sp³-hybridized carbons (Fsp3) is 0.235. The van der Waals surface area contributed by atoms with Gasteiger partial charge in [0.1, 0.15) is 5.82 Å². The van der Waals surface area contributed by atoms with E-state index in [9.17, 15) is 14.0 Å². The average molecular weight is 345 g/mol. The second-order valence-corrected chi connectivity index (χ2v) is 5.33. The van der Waals surface area contributed by atoms with Crippen LogP contribution in [0.2, 0.25) is 0 Å². The van der Waals surface area contributed by atoms with E-state index in [-0.39, 0.29) is 29.2 Å². The van der Waals surface area contributed by atoms with Crippen LogP contribution in [0.3, 0.4) is 0 Å². The Kier molecular flexibility index (Phi) is 4.26. The number of benzene rings is 1. The molecule has 0 unspecified atom stereocenters. The van der Waals surface area contributed by atoms with Gasteiger partial charge in [-0.3, -0.25) is 14.5 Å². The van der Waals surface area contributed by atoms with Gasteiger partial charge >= 0.3 is 0 Å². The highest BCUT2D eigenvalue weighted by molar-refractivity contribution is 6.23. The Morgan fingerprint density at radius 1 is 1.16 bits per heavy atom. The third kappa shape index (κ3) is 2.75. The van der Waals surface area contributed by atoms with Gasteiger partial charge in [-0.2, -0.15) is 0 Å². The zero-order valence-electron chi connectivity index (χ0n) is 13.7. The molecule has 2 heterocycles. The van der Waals surface area contributed by atoms with Crippen LogP contribution in [0.5, 0.6) is 11.6 Å². The zero-order chi connectivity index (χ0) is 18.1. The van der Waals surface area contributed by atoms with Gasteiger partial charge in [-0.1, -0.05) is 0 Å². The third-order valence-corrected chi connectivity index (χ3v) is 3.81. The van der Waals surface area contributed by atoms with Crippen LogP contribution in [0.25, 0.3) is 0 Å². The van der Waals surface area contributed by atoms with Crippen LogP contribution in [0, 0.1) is 5.82 Å². The maximum absolute atomic E-state index is 14.0. The van der Waals surface area contributed by atoms with Crippen molar-refractivity contribution < 1.29 is 23.5 Å². The number of halogens is 1. The number of imide groups is 1. The number of rotatable bonds is 5. The number of anilines is 1. The van der Waals surface area contributed by atoms with E-state index in [4.69, 9.17) is 15.2 Å². The average Bonchev–Trinajstić information content (AvgIpc) is 2.85. The summed E-state index contributed by atoms with van der Waals surface area (Å²) < 4.78 is 24.5. The molecule has 1 aromatic heterocycles. The number of carbonyl (C=O) groups excluding carboxylic acids is 2. The summed E-state index contributed by atoms with van der Waals surface area (Å²) in [7, 11) is 1.48. The molecule has 0 bridgehead atoms. The van der Waals surface area contributed by atoms with Crippen molar-refractivity contribution in [2.75, 3.05) is 19.5 Å². The molecular formula is C17H16FN3O4. The van der Waals surface area contributed by atoms with E-state index < -0.39 is 17.6 Å². The van der Waals surface area contributed by atoms with E-state index in [1.807, 2.05) is 0 Å². The van der Waals surface area contributed by atoms with Crippen molar-refractivity contribution in [1.29, 1.82) is 0 Å². The zero-order valence-corrected chi connectivity index (χ0v) is 13.7. The van der Waals surface area contributed by atoms with Crippen LogP contribution >= 0.6 is 0 Å². The van der Waals surface area contributed by atoms with Crippen molar-refractivity contribution in [3.05, 3.63) is 46.9 Å². The number of fused-ring (bicyclic) bond motifs is 1. The van der Waals surface area contributed by atoms with Crippen molar-refractivity contribution in [2.24, 2.45) is 0 Å². The number of amides is 2. The van der Waals surface area contributed by atoms with Gasteiger partial charge in [0.2, 0.25) is 0 Å². The molecule has 25 heavy (non-hydrogen) atoms. The van der Waals surface area contributed by atoms with Gasteiger partial charge in [-0.15, -0.1) is 0 Å². The van der Waals surface area contributed by atoms with Gasteiger partial charge in [0.05, 0.1) is 37.1 Å². The van der Waals surface area contributed by atoms with Gasteiger partial charge < -0.3 is 15.2 Å². The normalized spacial score (nSPS) is 13.2. The summed E-state index contributed by atoms with van der Waals surface area (Å²) in [5.41, 5.74) is 5.79. The standard InChI is InChI=1S/C17H16FN3O4/c1-3-25-15-12(24-2)7-4-9(20-15)8-21-16(22)13-10(18)5-6-11(19)14(13)17(21)23/h4-7H,3,8,19H2,1-2H3. The molecule has 8 heteroatoms. The molecule has 0 saturated carbocycles. The molecule has 0 spiro atoms. The summed E-state index contributed by atoms with van der Waals surface area (Å²) in [6.45, 7) is 2.04. The minimum atomic E-state index is -0.775. The first-order valence-corrected chi connectivity index (χ1v) is 7.58. The molecule has 0 radical (unpaired) electrons. The number of ether oxygens (including phenoxy) is 2. The van der Waals surface area contributed by atoms with E-state index in [0.29, 0.717) is 18.1 Å². The molecule has 2 amide bonds. The Hall–Kier alpha value is -3.16. The molecule has 0 aliphatic carbocycles. The van der Waals surface area contributed by atoms with Crippen LogP contribution < -0.4 is 15.2 Å². The largest absolute Gasteiger partial charge is 0.491 e. The van der Waals surface area contributed by atoms with Crippen molar-refractivity contribution >= 4 is 17.5 Å². The Morgan fingerprint density at radius 3 is 2.52 bits per heavy atom. The summed E-state index contributed by atoms with van der Waals surface area (Å²) in [6.07, 6.45) is 0. The quantitative estimate of drug-likeness (QED) is 0.658. The second-order valence-electron chi connectivity index (χ2n) is 5.33. The lowest BCUT2D eigenvalue weighted by Crippen LogP contribution is -2.29. The Bertz CT molecular complexity index is 828. The summed E-state index contributed by atoms with van der Waals surface area (Å²) >= 11 is 0. The summed E-state index contributed by atoms with van der Waals surface area (Å²) in [5.74, 6) is -1.47. The lowest BCUT2D eigenvalue weighted by Gasteiger charge is -2.15. The summed E-state index contributed by atoms with van der Waals surface area (Å²) in [4.78, 5) is 30.1. The van der Waals surface area contributed by atoms with Crippen LogP contribution in [-0.2, 0) is 6.54 Å². The molecular weight excluding hydrogens is 329 g/mol. The number of carbonyl (C=O) groups is 2.